The highest BCUT2D eigenvalue weighted by Gasteiger charge is 2.38. The summed E-state index contributed by atoms with van der Waals surface area (Å²) in [6.45, 7) is 0.0516. The lowest BCUT2D eigenvalue weighted by Gasteiger charge is -2.15. The summed E-state index contributed by atoms with van der Waals surface area (Å²) in [6.07, 6.45) is 1.57. The van der Waals surface area contributed by atoms with Gasteiger partial charge in [-0.1, -0.05) is 24.3 Å². The third-order valence-electron chi connectivity index (χ3n) is 3.38. The number of anilines is 1. The lowest BCUT2D eigenvalue weighted by Crippen LogP contribution is -2.27. The quantitative estimate of drug-likeness (QED) is 0.795. The number of benzene rings is 1. The first kappa shape index (κ1) is 13.3. The van der Waals surface area contributed by atoms with E-state index in [0.717, 1.165) is 10.8 Å². The van der Waals surface area contributed by atoms with Gasteiger partial charge in [0.25, 0.3) is 0 Å². The Balaban J connectivity index is 1.97. The molecule has 0 bridgehead atoms. The van der Waals surface area contributed by atoms with E-state index in [1.807, 2.05) is 24.3 Å². The number of carbonyl (C=O) groups excluding carboxylic acids is 1. The summed E-state index contributed by atoms with van der Waals surface area (Å²) in [7, 11) is 1.59. The molecule has 1 aliphatic heterocycles. The van der Waals surface area contributed by atoms with E-state index in [0.29, 0.717) is 5.82 Å². The molecule has 5 nitrogen and oxygen atoms in total. The average molecular weight is 311 g/mol. The van der Waals surface area contributed by atoms with E-state index >= 15 is 0 Å². The minimum atomic E-state index is -3.74. The number of carbonyl (C=O) groups is 1. The fourth-order valence-electron chi connectivity index (χ4n) is 2.30. The highest BCUT2D eigenvalue weighted by atomic mass is 35.7. The summed E-state index contributed by atoms with van der Waals surface area (Å²) >= 11 is 0. The second kappa shape index (κ2) is 4.71. The van der Waals surface area contributed by atoms with Crippen molar-refractivity contribution in [3.8, 4) is 0 Å². The molecule has 1 amide bonds. The monoisotopic (exact) mass is 310 g/mol. The molecule has 7 heteroatoms. The molecule has 2 heterocycles. The third-order valence-corrected chi connectivity index (χ3v) is 5.25. The molecule has 1 aromatic carbocycles. The lowest BCUT2D eigenvalue weighted by molar-refractivity contribution is -0.117. The van der Waals surface area contributed by atoms with Crippen LogP contribution in [0.1, 0.15) is 6.42 Å². The van der Waals surface area contributed by atoms with Crippen LogP contribution >= 0.6 is 10.7 Å². The fraction of sp³-hybridized carbons (Fsp3) is 0.231. The van der Waals surface area contributed by atoms with E-state index in [2.05, 4.69) is 4.98 Å². The second-order valence-corrected chi connectivity index (χ2v) is 7.60. The van der Waals surface area contributed by atoms with E-state index in [1.165, 1.54) is 4.90 Å². The van der Waals surface area contributed by atoms with Crippen molar-refractivity contribution < 1.29 is 13.2 Å². The summed E-state index contributed by atoms with van der Waals surface area (Å²) in [5, 5.41) is 1.04. The number of hydrogen-bond acceptors (Lipinski definition) is 4. The fourth-order valence-corrected chi connectivity index (χ4v) is 3.33. The van der Waals surface area contributed by atoms with Crippen molar-refractivity contribution in [3.05, 3.63) is 36.5 Å². The molecule has 3 rings (SSSR count). The Labute approximate surface area is 120 Å². The van der Waals surface area contributed by atoms with Gasteiger partial charge in [-0.3, -0.25) is 9.69 Å². The van der Waals surface area contributed by atoms with Crippen LogP contribution in [0.15, 0.2) is 36.5 Å². The predicted octanol–water partition coefficient (Wildman–Crippen LogP) is 1.91. The van der Waals surface area contributed by atoms with E-state index in [1.54, 1.807) is 12.3 Å². The Hall–Kier alpha value is -1.66. The number of fused-ring (bicyclic) bond motifs is 1. The van der Waals surface area contributed by atoms with Gasteiger partial charge in [0.15, 0.2) is 0 Å². The summed E-state index contributed by atoms with van der Waals surface area (Å²) in [5.41, 5.74) is 0. The van der Waals surface area contributed by atoms with Crippen LogP contribution in [0.3, 0.4) is 0 Å². The maximum Gasteiger partial charge on any atom is 0.237 e. The van der Waals surface area contributed by atoms with Crippen molar-refractivity contribution >= 4 is 42.2 Å². The smallest absolute Gasteiger partial charge is 0.237 e. The first-order valence-corrected chi connectivity index (χ1v) is 8.41. The standard InChI is InChI=1S/C13H11ClN2O3S/c14-20(18,19)11-6-13(17)16(8-11)12-5-9-3-1-2-4-10(9)7-15-12/h1-5,7,11H,6,8H2. The summed E-state index contributed by atoms with van der Waals surface area (Å²) < 4.78 is 22.7. The molecule has 1 atom stereocenters. The summed E-state index contributed by atoms with van der Waals surface area (Å²) in [5.74, 6) is 0.179. The number of nitrogens with zero attached hydrogens (tertiary/aromatic N) is 2. The van der Waals surface area contributed by atoms with Gasteiger partial charge in [0.2, 0.25) is 15.0 Å². The molecule has 1 saturated heterocycles. The minimum absolute atomic E-state index is 0.0516. The van der Waals surface area contributed by atoms with Crippen LogP contribution in [0.2, 0.25) is 0 Å². The molecule has 0 aliphatic carbocycles. The molecule has 20 heavy (non-hydrogen) atoms. The molecular formula is C13H11ClN2O3S. The topological polar surface area (TPSA) is 67.3 Å². The van der Waals surface area contributed by atoms with Crippen LogP contribution in [-0.4, -0.2) is 31.1 Å². The van der Waals surface area contributed by atoms with Crippen LogP contribution in [0.25, 0.3) is 10.8 Å². The number of pyridine rings is 1. The molecule has 0 spiro atoms. The molecular weight excluding hydrogens is 300 g/mol. The minimum Gasteiger partial charge on any atom is -0.295 e. The van der Waals surface area contributed by atoms with Gasteiger partial charge in [-0.2, -0.15) is 0 Å². The van der Waals surface area contributed by atoms with E-state index in [9.17, 15) is 13.2 Å². The van der Waals surface area contributed by atoms with Gasteiger partial charge in [-0.25, -0.2) is 13.4 Å². The Bertz CT molecular complexity index is 791. The molecule has 1 aliphatic rings. The van der Waals surface area contributed by atoms with Crippen molar-refractivity contribution in [2.45, 2.75) is 11.7 Å². The highest BCUT2D eigenvalue weighted by molar-refractivity contribution is 8.14. The molecule has 1 aromatic heterocycles. The Morgan fingerprint density at radius 3 is 2.60 bits per heavy atom. The number of halogens is 1. The van der Waals surface area contributed by atoms with Crippen molar-refractivity contribution in [1.29, 1.82) is 0 Å². The highest BCUT2D eigenvalue weighted by Crippen LogP contribution is 2.27. The van der Waals surface area contributed by atoms with E-state index < -0.39 is 14.3 Å². The number of aromatic nitrogens is 1. The molecule has 104 valence electrons. The van der Waals surface area contributed by atoms with Crippen LogP contribution in [0.5, 0.6) is 0 Å². The van der Waals surface area contributed by atoms with Crippen molar-refractivity contribution in [2.75, 3.05) is 11.4 Å². The second-order valence-electron chi connectivity index (χ2n) is 4.70. The zero-order chi connectivity index (χ0) is 14.3. The molecule has 2 aromatic rings. The molecule has 0 N–H and O–H groups in total. The van der Waals surface area contributed by atoms with Crippen molar-refractivity contribution in [2.24, 2.45) is 0 Å². The van der Waals surface area contributed by atoms with Gasteiger partial charge in [0, 0.05) is 35.2 Å². The first-order valence-electron chi connectivity index (χ1n) is 6.04. The lowest BCUT2D eigenvalue weighted by atomic mass is 10.2. The molecule has 1 fully saturated rings. The Morgan fingerprint density at radius 1 is 1.25 bits per heavy atom. The largest absolute Gasteiger partial charge is 0.295 e. The van der Waals surface area contributed by atoms with Crippen LogP contribution < -0.4 is 4.90 Å². The van der Waals surface area contributed by atoms with Gasteiger partial charge in [-0.05, 0) is 11.5 Å². The summed E-state index contributed by atoms with van der Waals surface area (Å²) in [4.78, 5) is 17.5. The van der Waals surface area contributed by atoms with E-state index in [-0.39, 0.29) is 18.9 Å². The van der Waals surface area contributed by atoms with Crippen LogP contribution in [0.4, 0.5) is 5.82 Å². The Morgan fingerprint density at radius 2 is 1.95 bits per heavy atom. The van der Waals surface area contributed by atoms with Gasteiger partial charge >= 0.3 is 0 Å². The van der Waals surface area contributed by atoms with Crippen molar-refractivity contribution in [3.63, 3.8) is 0 Å². The van der Waals surface area contributed by atoms with Gasteiger partial charge in [0.1, 0.15) is 11.1 Å². The Kier molecular flexibility index (Phi) is 3.14. The van der Waals surface area contributed by atoms with Crippen molar-refractivity contribution in [1.82, 2.24) is 4.98 Å². The van der Waals surface area contributed by atoms with E-state index in [4.69, 9.17) is 10.7 Å². The number of amides is 1. The maximum absolute atomic E-state index is 11.9. The zero-order valence-electron chi connectivity index (χ0n) is 10.4. The molecule has 1 unspecified atom stereocenters. The van der Waals surface area contributed by atoms with Gasteiger partial charge in [0.05, 0.1) is 0 Å². The molecule has 0 saturated carbocycles. The average Bonchev–Trinajstić information content (AvgIpc) is 2.80. The molecule has 0 radical (unpaired) electrons. The number of rotatable bonds is 2. The predicted molar refractivity (Wildman–Crippen MR) is 77.3 cm³/mol. The van der Waals surface area contributed by atoms with Crippen LogP contribution in [-0.2, 0) is 13.8 Å². The first-order chi connectivity index (χ1) is 9.45. The zero-order valence-corrected chi connectivity index (χ0v) is 11.9. The van der Waals surface area contributed by atoms with Gasteiger partial charge < -0.3 is 0 Å². The summed E-state index contributed by atoms with van der Waals surface area (Å²) in [6, 6.07) is 9.40. The normalized spacial score (nSPS) is 19.8. The number of hydrogen-bond donors (Lipinski definition) is 0. The SMILES string of the molecule is O=C1CC(S(=O)(=O)Cl)CN1c1cc2ccccc2cn1. The van der Waals surface area contributed by atoms with Crippen LogP contribution in [0, 0.1) is 0 Å². The third kappa shape index (κ3) is 2.36. The van der Waals surface area contributed by atoms with Gasteiger partial charge in [-0.15, -0.1) is 0 Å². The maximum atomic E-state index is 11.9.